The molecule has 0 aliphatic heterocycles. The highest BCUT2D eigenvalue weighted by Crippen LogP contribution is 2.17. The lowest BCUT2D eigenvalue weighted by Gasteiger charge is -2.17. The van der Waals surface area contributed by atoms with Gasteiger partial charge in [0.25, 0.3) is 0 Å². The molecule has 0 aromatic heterocycles. The van der Waals surface area contributed by atoms with Crippen LogP contribution in [0.4, 0.5) is 8.78 Å². The molecule has 0 saturated carbocycles. The van der Waals surface area contributed by atoms with E-state index in [1.165, 1.54) is 14.2 Å². The van der Waals surface area contributed by atoms with Crippen LogP contribution in [0.1, 0.15) is 12.8 Å². The average molecular weight is 307 g/mol. The predicted molar refractivity (Wildman–Crippen MR) is 67.4 cm³/mol. The van der Waals surface area contributed by atoms with Crippen molar-refractivity contribution in [3.05, 3.63) is 29.8 Å². The Morgan fingerprint density at radius 2 is 1.80 bits per heavy atom. The van der Waals surface area contributed by atoms with Gasteiger partial charge >= 0.3 is 5.97 Å². The zero-order chi connectivity index (χ0) is 15.3. The van der Waals surface area contributed by atoms with Crippen LogP contribution in [0.2, 0.25) is 0 Å². The number of esters is 1. The summed E-state index contributed by atoms with van der Waals surface area (Å²) in [5.74, 6) is -2.38. The second-order valence-electron chi connectivity index (χ2n) is 4.11. The van der Waals surface area contributed by atoms with E-state index in [1.807, 2.05) is 0 Å². The van der Waals surface area contributed by atoms with Gasteiger partial charge in [-0.05, 0) is 18.6 Å². The van der Waals surface area contributed by atoms with Gasteiger partial charge in [-0.3, -0.25) is 4.79 Å². The van der Waals surface area contributed by atoms with E-state index >= 15 is 0 Å². The van der Waals surface area contributed by atoms with Gasteiger partial charge in [0.15, 0.2) is 0 Å². The number of carbonyl (C=O) groups excluding carboxylic acids is 1. The number of benzene rings is 1. The summed E-state index contributed by atoms with van der Waals surface area (Å²) in [5.41, 5.74) is 0. The molecule has 0 atom stereocenters. The molecule has 20 heavy (non-hydrogen) atoms. The number of nitrogens with zero attached hydrogens (tertiary/aromatic N) is 1. The van der Waals surface area contributed by atoms with Crippen molar-refractivity contribution < 1.29 is 26.7 Å². The van der Waals surface area contributed by atoms with Crippen LogP contribution in [-0.4, -0.2) is 39.4 Å². The Balaban J connectivity index is 2.79. The largest absolute Gasteiger partial charge is 0.469 e. The van der Waals surface area contributed by atoms with Crippen molar-refractivity contribution in [2.24, 2.45) is 0 Å². The number of sulfonamides is 1. The monoisotopic (exact) mass is 307 g/mol. The third-order valence-electron chi connectivity index (χ3n) is 2.63. The first-order valence-corrected chi connectivity index (χ1v) is 7.20. The fourth-order valence-corrected chi connectivity index (χ4v) is 2.78. The van der Waals surface area contributed by atoms with Crippen molar-refractivity contribution >= 4 is 16.0 Å². The van der Waals surface area contributed by atoms with E-state index in [2.05, 4.69) is 4.74 Å². The molecule has 0 bridgehead atoms. The number of hydrogen-bond donors (Lipinski definition) is 0. The molecular formula is C12H15F2NO4S. The summed E-state index contributed by atoms with van der Waals surface area (Å²) in [6, 6.07) is 2.08. The third-order valence-corrected chi connectivity index (χ3v) is 4.46. The normalized spacial score (nSPS) is 11.7. The fourth-order valence-electron chi connectivity index (χ4n) is 1.53. The summed E-state index contributed by atoms with van der Waals surface area (Å²) in [5, 5.41) is 0. The number of methoxy groups -OCH3 is 1. The highest BCUT2D eigenvalue weighted by Gasteiger charge is 2.22. The fraction of sp³-hybridized carbons (Fsp3) is 0.417. The standard InChI is InChI=1S/C12H15F2NO4S/c1-15(5-3-4-12(16)19-2)20(17,18)11-7-9(13)6-10(14)8-11/h6-8H,3-5H2,1-2H3. The highest BCUT2D eigenvalue weighted by atomic mass is 32.2. The van der Waals surface area contributed by atoms with Crippen LogP contribution >= 0.6 is 0 Å². The molecule has 0 amide bonds. The molecule has 0 aliphatic carbocycles. The zero-order valence-electron chi connectivity index (χ0n) is 11.1. The number of rotatable bonds is 6. The number of carbonyl (C=O) groups is 1. The summed E-state index contributed by atoms with van der Waals surface area (Å²) in [4.78, 5) is 10.5. The lowest BCUT2D eigenvalue weighted by molar-refractivity contribution is -0.140. The maximum absolute atomic E-state index is 13.0. The molecule has 0 spiro atoms. The molecule has 0 aliphatic rings. The molecule has 1 rings (SSSR count). The smallest absolute Gasteiger partial charge is 0.305 e. The summed E-state index contributed by atoms with van der Waals surface area (Å²) in [7, 11) is -1.48. The molecule has 0 saturated heterocycles. The molecule has 5 nitrogen and oxygen atoms in total. The zero-order valence-corrected chi connectivity index (χ0v) is 11.9. The van der Waals surface area contributed by atoms with Crippen LogP contribution in [-0.2, 0) is 19.6 Å². The van der Waals surface area contributed by atoms with Crippen LogP contribution in [0.5, 0.6) is 0 Å². The van der Waals surface area contributed by atoms with Gasteiger partial charge in [-0.15, -0.1) is 0 Å². The average Bonchev–Trinajstić information content (AvgIpc) is 2.37. The first-order valence-electron chi connectivity index (χ1n) is 5.76. The van der Waals surface area contributed by atoms with Gasteiger partial charge in [-0.2, -0.15) is 0 Å². The summed E-state index contributed by atoms with van der Waals surface area (Å²) >= 11 is 0. The summed E-state index contributed by atoms with van der Waals surface area (Å²) in [6.45, 7) is 0.0373. The topological polar surface area (TPSA) is 63.7 Å². The van der Waals surface area contributed by atoms with E-state index in [9.17, 15) is 22.0 Å². The molecule has 1 aromatic carbocycles. The molecular weight excluding hydrogens is 292 g/mol. The number of ether oxygens (including phenoxy) is 1. The summed E-state index contributed by atoms with van der Waals surface area (Å²) < 4.78 is 55.6. The first kappa shape index (κ1) is 16.5. The predicted octanol–water partition coefficient (Wildman–Crippen LogP) is 1.54. The van der Waals surface area contributed by atoms with Crippen molar-refractivity contribution in [3.8, 4) is 0 Å². The van der Waals surface area contributed by atoms with Crippen molar-refractivity contribution in [2.75, 3.05) is 20.7 Å². The van der Waals surface area contributed by atoms with E-state index < -0.39 is 32.5 Å². The number of halogens is 2. The van der Waals surface area contributed by atoms with Gasteiger partial charge in [-0.25, -0.2) is 21.5 Å². The van der Waals surface area contributed by atoms with Crippen molar-refractivity contribution in [2.45, 2.75) is 17.7 Å². The number of hydrogen-bond acceptors (Lipinski definition) is 4. The SMILES string of the molecule is COC(=O)CCCN(C)S(=O)(=O)c1cc(F)cc(F)c1. The van der Waals surface area contributed by atoms with E-state index in [-0.39, 0.29) is 19.4 Å². The third kappa shape index (κ3) is 4.24. The maximum Gasteiger partial charge on any atom is 0.305 e. The molecule has 0 N–H and O–H groups in total. The molecule has 0 heterocycles. The van der Waals surface area contributed by atoms with Crippen molar-refractivity contribution in [1.82, 2.24) is 4.31 Å². The van der Waals surface area contributed by atoms with E-state index in [0.29, 0.717) is 6.07 Å². The molecule has 112 valence electrons. The maximum atomic E-state index is 13.0. The molecule has 0 fully saturated rings. The molecule has 1 aromatic rings. The van der Waals surface area contributed by atoms with Gasteiger partial charge in [0.05, 0.1) is 12.0 Å². The first-order chi connectivity index (χ1) is 9.27. The molecule has 8 heteroatoms. The van der Waals surface area contributed by atoms with Crippen LogP contribution in [0.15, 0.2) is 23.1 Å². The quantitative estimate of drug-likeness (QED) is 0.748. The Hall–Kier alpha value is -1.54. The van der Waals surface area contributed by atoms with E-state index in [1.54, 1.807) is 0 Å². The Bertz CT molecular complexity index is 569. The van der Waals surface area contributed by atoms with Crippen LogP contribution in [0, 0.1) is 11.6 Å². The van der Waals surface area contributed by atoms with Gasteiger partial charge < -0.3 is 4.74 Å². The Morgan fingerprint density at radius 1 is 1.25 bits per heavy atom. The Labute approximate surface area is 116 Å². The Kier molecular flexibility index (Phi) is 5.58. The van der Waals surface area contributed by atoms with Crippen LogP contribution < -0.4 is 0 Å². The van der Waals surface area contributed by atoms with E-state index in [0.717, 1.165) is 16.4 Å². The second kappa shape index (κ2) is 6.76. The van der Waals surface area contributed by atoms with E-state index in [4.69, 9.17) is 0 Å². The van der Waals surface area contributed by atoms with Gasteiger partial charge in [0.2, 0.25) is 10.0 Å². The minimum absolute atomic E-state index is 0.0373. The van der Waals surface area contributed by atoms with Gasteiger partial charge in [-0.1, -0.05) is 0 Å². The van der Waals surface area contributed by atoms with Crippen molar-refractivity contribution in [1.29, 1.82) is 0 Å². The van der Waals surface area contributed by atoms with Crippen LogP contribution in [0.25, 0.3) is 0 Å². The highest BCUT2D eigenvalue weighted by molar-refractivity contribution is 7.89. The lowest BCUT2D eigenvalue weighted by atomic mass is 10.3. The Morgan fingerprint density at radius 3 is 2.30 bits per heavy atom. The second-order valence-corrected chi connectivity index (χ2v) is 6.16. The lowest BCUT2D eigenvalue weighted by Crippen LogP contribution is -2.28. The van der Waals surface area contributed by atoms with Crippen LogP contribution in [0.3, 0.4) is 0 Å². The van der Waals surface area contributed by atoms with Gasteiger partial charge in [0.1, 0.15) is 11.6 Å². The molecule has 0 radical (unpaired) electrons. The minimum Gasteiger partial charge on any atom is -0.469 e. The van der Waals surface area contributed by atoms with Gasteiger partial charge in [0, 0.05) is 26.1 Å². The summed E-state index contributed by atoms with van der Waals surface area (Å²) in [6.07, 6.45) is 0.314. The minimum atomic E-state index is -3.99. The molecule has 0 unspecified atom stereocenters. The van der Waals surface area contributed by atoms with Crippen molar-refractivity contribution in [3.63, 3.8) is 0 Å².